The van der Waals surface area contributed by atoms with Gasteiger partial charge in [0.15, 0.2) is 5.78 Å². The Labute approximate surface area is 166 Å². The van der Waals surface area contributed by atoms with Gasteiger partial charge in [0.25, 0.3) is 5.69 Å². The normalized spacial score (nSPS) is 12.6. The molecule has 1 heterocycles. The Balaban J connectivity index is 1.65. The van der Waals surface area contributed by atoms with Crippen molar-refractivity contribution in [2.75, 3.05) is 17.3 Å². The van der Waals surface area contributed by atoms with Gasteiger partial charge in [-0.05, 0) is 35.9 Å². The molecule has 0 spiro atoms. The molecule has 3 aromatic rings. The lowest BCUT2D eigenvalue weighted by molar-refractivity contribution is -0.383. The molecule has 0 saturated carbocycles. The Bertz CT molecular complexity index is 1140. The van der Waals surface area contributed by atoms with E-state index in [2.05, 4.69) is 5.32 Å². The quantitative estimate of drug-likeness (QED) is 0.404. The van der Waals surface area contributed by atoms with Crippen molar-refractivity contribution in [3.05, 3.63) is 93.5 Å². The summed E-state index contributed by atoms with van der Waals surface area (Å²) in [5.74, 6) is -0.272. The standard InChI is InChI=1S/C22H17N3O4/c1-24-19-10-8-17(11-16(19)13-21(24)26)23-18-9-7-15(12-20(18)25(28)29)22(27)14-5-3-2-4-6-14/h2-12,23H,13H2,1H3. The lowest BCUT2D eigenvalue weighted by atomic mass is 10.0. The number of carbonyl (C=O) groups excluding carboxylic acids is 2. The molecule has 0 unspecified atom stereocenters. The van der Waals surface area contributed by atoms with Crippen LogP contribution in [-0.4, -0.2) is 23.7 Å². The van der Waals surface area contributed by atoms with Gasteiger partial charge in [0.2, 0.25) is 5.91 Å². The molecule has 4 rings (SSSR count). The number of nitro benzene ring substituents is 1. The van der Waals surface area contributed by atoms with Gasteiger partial charge in [0.1, 0.15) is 5.69 Å². The summed E-state index contributed by atoms with van der Waals surface area (Å²) in [5.41, 5.74) is 3.12. The summed E-state index contributed by atoms with van der Waals surface area (Å²) in [5, 5.41) is 14.6. The third kappa shape index (κ3) is 3.45. The fraction of sp³-hybridized carbons (Fsp3) is 0.0909. The molecule has 1 aliphatic heterocycles. The third-order valence-corrected chi connectivity index (χ3v) is 4.93. The summed E-state index contributed by atoms with van der Waals surface area (Å²) in [6, 6.07) is 18.4. The largest absolute Gasteiger partial charge is 0.350 e. The maximum absolute atomic E-state index is 12.6. The van der Waals surface area contributed by atoms with Crippen LogP contribution in [0.25, 0.3) is 0 Å². The Hall–Kier alpha value is -4.00. The number of ketones is 1. The summed E-state index contributed by atoms with van der Waals surface area (Å²) < 4.78 is 0. The molecule has 0 saturated heterocycles. The summed E-state index contributed by atoms with van der Waals surface area (Å²) in [7, 11) is 1.72. The van der Waals surface area contributed by atoms with Crippen molar-refractivity contribution in [1.82, 2.24) is 0 Å². The number of nitrogens with zero attached hydrogens (tertiary/aromatic N) is 2. The number of amides is 1. The van der Waals surface area contributed by atoms with Crippen molar-refractivity contribution in [2.24, 2.45) is 0 Å². The maximum atomic E-state index is 12.6. The van der Waals surface area contributed by atoms with E-state index in [4.69, 9.17) is 0 Å². The van der Waals surface area contributed by atoms with E-state index >= 15 is 0 Å². The van der Waals surface area contributed by atoms with Gasteiger partial charge in [-0.15, -0.1) is 0 Å². The molecule has 7 heteroatoms. The molecule has 0 aromatic heterocycles. The fourth-order valence-corrected chi connectivity index (χ4v) is 3.39. The topological polar surface area (TPSA) is 92.6 Å². The van der Waals surface area contributed by atoms with Crippen LogP contribution in [0.5, 0.6) is 0 Å². The average molecular weight is 387 g/mol. The van der Waals surface area contributed by atoms with Crippen molar-refractivity contribution in [3.8, 4) is 0 Å². The molecule has 0 atom stereocenters. The fourth-order valence-electron chi connectivity index (χ4n) is 3.39. The number of anilines is 3. The number of carbonyl (C=O) groups is 2. The summed E-state index contributed by atoms with van der Waals surface area (Å²) in [6.07, 6.45) is 0.300. The number of nitrogens with one attached hydrogen (secondary N) is 1. The molecule has 0 fully saturated rings. The number of hydrogen-bond donors (Lipinski definition) is 1. The average Bonchev–Trinajstić information content (AvgIpc) is 3.01. The SMILES string of the molecule is CN1C(=O)Cc2cc(Nc3ccc(C(=O)c4ccccc4)cc3[N+](=O)[O-])ccc21. The van der Waals surface area contributed by atoms with E-state index in [9.17, 15) is 19.7 Å². The monoisotopic (exact) mass is 387 g/mol. The Morgan fingerprint density at radius 3 is 2.52 bits per heavy atom. The molecular weight excluding hydrogens is 370 g/mol. The first kappa shape index (κ1) is 18.4. The maximum Gasteiger partial charge on any atom is 0.293 e. The van der Waals surface area contributed by atoms with Crippen LogP contribution in [0.3, 0.4) is 0 Å². The zero-order chi connectivity index (χ0) is 20.5. The number of nitro groups is 1. The van der Waals surface area contributed by atoms with Crippen LogP contribution in [0.4, 0.5) is 22.7 Å². The molecule has 0 bridgehead atoms. The van der Waals surface area contributed by atoms with E-state index in [-0.39, 0.29) is 28.6 Å². The van der Waals surface area contributed by atoms with Crippen molar-refractivity contribution in [3.63, 3.8) is 0 Å². The van der Waals surface area contributed by atoms with Gasteiger partial charge in [-0.3, -0.25) is 19.7 Å². The molecule has 0 aliphatic carbocycles. The first-order valence-electron chi connectivity index (χ1n) is 8.99. The third-order valence-electron chi connectivity index (χ3n) is 4.93. The summed E-state index contributed by atoms with van der Waals surface area (Å²) in [4.78, 5) is 37.1. The Morgan fingerprint density at radius 1 is 1.03 bits per heavy atom. The lowest BCUT2D eigenvalue weighted by Crippen LogP contribution is -2.20. The predicted molar refractivity (Wildman–Crippen MR) is 110 cm³/mol. The highest BCUT2D eigenvalue weighted by Gasteiger charge is 2.24. The first-order valence-corrected chi connectivity index (χ1v) is 8.99. The van der Waals surface area contributed by atoms with Gasteiger partial charge in [0.05, 0.1) is 11.3 Å². The Kier molecular flexibility index (Phi) is 4.56. The van der Waals surface area contributed by atoms with E-state index in [1.54, 1.807) is 54.4 Å². The second kappa shape index (κ2) is 7.20. The van der Waals surface area contributed by atoms with Crippen LogP contribution in [-0.2, 0) is 11.2 Å². The molecule has 1 N–H and O–H groups in total. The van der Waals surface area contributed by atoms with Gasteiger partial charge in [-0.25, -0.2) is 0 Å². The highest BCUT2D eigenvalue weighted by atomic mass is 16.6. The van der Waals surface area contributed by atoms with Gasteiger partial charge in [-0.1, -0.05) is 30.3 Å². The lowest BCUT2D eigenvalue weighted by Gasteiger charge is -2.12. The van der Waals surface area contributed by atoms with Gasteiger partial charge >= 0.3 is 0 Å². The van der Waals surface area contributed by atoms with E-state index in [0.29, 0.717) is 17.7 Å². The van der Waals surface area contributed by atoms with Crippen LogP contribution in [0, 0.1) is 10.1 Å². The molecule has 7 nitrogen and oxygen atoms in total. The number of rotatable bonds is 5. The smallest absolute Gasteiger partial charge is 0.293 e. The van der Waals surface area contributed by atoms with Gasteiger partial charge in [0, 0.05) is 35.6 Å². The molecule has 1 amide bonds. The van der Waals surface area contributed by atoms with Crippen molar-refractivity contribution in [2.45, 2.75) is 6.42 Å². The highest BCUT2D eigenvalue weighted by molar-refractivity contribution is 6.09. The molecule has 29 heavy (non-hydrogen) atoms. The minimum absolute atomic E-state index is 0.00640. The van der Waals surface area contributed by atoms with Crippen LogP contribution in [0.15, 0.2) is 66.7 Å². The van der Waals surface area contributed by atoms with E-state index < -0.39 is 4.92 Å². The minimum Gasteiger partial charge on any atom is -0.350 e. The van der Waals surface area contributed by atoms with Crippen molar-refractivity contribution < 1.29 is 14.5 Å². The first-order chi connectivity index (χ1) is 13.9. The van der Waals surface area contributed by atoms with Crippen molar-refractivity contribution >= 4 is 34.4 Å². The van der Waals surface area contributed by atoms with Crippen molar-refractivity contribution in [1.29, 1.82) is 0 Å². The minimum atomic E-state index is -0.519. The molecule has 1 aliphatic rings. The van der Waals surface area contributed by atoms with Gasteiger partial charge < -0.3 is 10.2 Å². The number of fused-ring (bicyclic) bond motifs is 1. The molecular formula is C22H17N3O4. The number of likely N-dealkylation sites (N-methyl/N-ethyl adjacent to an activating group) is 1. The van der Waals surface area contributed by atoms with Crippen LogP contribution < -0.4 is 10.2 Å². The second-order valence-electron chi connectivity index (χ2n) is 6.78. The van der Waals surface area contributed by atoms with Crippen LogP contribution in [0.1, 0.15) is 21.5 Å². The zero-order valence-corrected chi connectivity index (χ0v) is 15.6. The number of benzene rings is 3. The predicted octanol–water partition coefficient (Wildman–Crippen LogP) is 4.09. The van der Waals surface area contributed by atoms with Gasteiger partial charge in [-0.2, -0.15) is 0 Å². The van der Waals surface area contributed by atoms with Crippen LogP contribution >= 0.6 is 0 Å². The van der Waals surface area contributed by atoms with E-state index in [1.165, 1.54) is 12.1 Å². The van der Waals surface area contributed by atoms with Crippen LogP contribution in [0.2, 0.25) is 0 Å². The van der Waals surface area contributed by atoms with E-state index in [0.717, 1.165) is 11.3 Å². The highest BCUT2D eigenvalue weighted by Crippen LogP contribution is 2.34. The summed E-state index contributed by atoms with van der Waals surface area (Å²) >= 11 is 0. The molecule has 3 aromatic carbocycles. The summed E-state index contributed by atoms with van der Waals surface area (Å²) in [6.45, 7) is 0. The van der Waals surface area contributed by atoms with E-state index in [1.807, 2.05) is 12.1 Å². The molecule has 144 valence electrons. The second-order valence-corrected chi connectivity index (χ2v) is 6.78. The zero-order valence-electron chi connectivity index (χ0n) is 15.6. The molecule has 0 radical (unpaired) electrons. The Morgan fingerprint density at radius 2 is 1.79 bits per heavy atom. The number of hydrogen-bond acceptors (Lipinski definition) is 5.